The van der Waals surface area contributed by atoms with Crippen molar-refractivity contribution in [3.8, 4) is 0 Å². The number of hydrogen-bond acceptors (Lipinski definition) is 5. The van der Waals surface area contributed by atoms with E-state index in [9.17, 15) is 18.0 Å². The summed E-state index contributed by atoms with van der Waals surface area (Å²) in [5.74, 6) is -1.03. The number of benzene rings is 2. The van der Waals surface area contributed by atoms with E-state index in [0.717, 1.165) is 25.7 Å². The number of carbonyl (C=O) groups is 2. The van der Waals surface area contributed by atoms with Gasteiger partial charge in [0.25, 0.3) is 5.91 Å². The fourth-order valence-electron chi connectivity index (χ4n) is 4.01. The maximum atomic E-state index is 13.4. The number of methoxy groups -OCH3 is 1. The smallest absolute Gasteiger partial charge is 0.340 e. The van der Waals surface area contributed by atoms with Crippen molar-refractivity contribution in [3.63, 3.8) is 0 Å². The van der Waals surface area contributed by atoms with Crippen molar-refractivity contribution in [2.24, 2.45) is 0 Å². The Morgan fingerprint density at radius 1 is 1.00 bits per heavy atom. The maximum absolute atomic E-state index is 13.4. The Bertz CT molecular complexity index is 1290. The molecule has 4 rings (SSSR count). The van der Waals surface area contributed by atoms with Gasteiger partial charge in [0.05, 0.1) is 23.2 Å². The largest absolute Gasteiger partial charge is 0.465 e. The SMILES string of the molecule is COC(=O)c1cn(C(=O)c2ccc(Cl)c(S(=O)(=O)N3CCCCCC3)c2)c2ccccc12. The number of nitrogens with zero attached hydrogens (tertiary/aromatic N) is 2. The molecule has 0 saturated carbocycles. The van der Waals surface area contributed by atoms with Gasteiger partial charge < -0.3 is 4.74 Å². The number of hydrogen-bond donors (Lipinski definition) is 0. The molecule has 1 fully saturated rings. The molecule has 0 radical (unpaired) electrons. The van der Waals surface area contributed by atoms with E-state index in [-0.39, 0.29) is 21.0 Å². The number of aromatic nitrogens is 1. The summed E-state index contributed by atoms with van der Waals surface area (Å²) in [6.45, 7) is 0.864. The first-order valence-electron chi connectivity index (χ1n) is 10.4. The van der Waals surface area contributed by atoms with Gasteiger partial charge in [-0.15, -0.1) is 0 Å². The molecule has 7 nitrogen and oxygen atoms in total. The van der Waals surface area contributed by atoms with Crippen molar-refractivity contribution in [3.05, 3.63) is 64.8 Å². The van der Waals surface area contributed by atoms with Crippen molar-refractivity contribution >= 4 is 44.4 Å². The second-order valence-corrected chi connectivity index (χ2v) is 10.0. The molecule has 1 saturated heterocycles. The molecule has 2 aromatic carbocycles. The number of para-hydroxylation sites is 1. The summed E-state index contributed by atoms with van der Waals surface area (Å²) in [7, 11) is -2.57. The summed E-state index contributed by atoms with van der Waals surface area (Å²) in [5, 5.41) is 0.637. The number of esters is 1. The molecule has 9 heteroatoms. The lowest BCUT2D eigenvalue weighted by Gasteiger charge is -2.21. The van der Waals surface area contributed by atoms with Gasteiger partial charge in [-0.05, 0) is 37.1 Å². The third kappa shape index (κ3) is 4.05. The maximum Gasteiger partial charge on any atom is 0.340 e. The number of ether oxygens (including phenoxy) is 1. The third-order valence-corrected chi connectivity index (χ3v) is 8.08. The van der Waals surface area contributed by atoms with Crippen LogP contribution in [0.25, 0.3) is 10.9 Å². The molecular formula is C23H23ClN2O5S. The molecule has 1 aromatic heterocycles. The number of carbonyl (C=O) groups excluding carboxylic acids is 2. The highest BCUT2D eigenvalue weighted by molar-refractivity contribution is 7.89. The Morgan fingerprint density at radius 2 is 1.69 bits per heavy atom. The van der Waals surface area contributed by atoms with Crippen LogP contribution in [0.4, 0.5) is 0 Å². The van der Waals surface area contributed by atoms with E-state index in [4.69, 9.17) is 16.3 Å². The highest BCUT2D eigenvalue weighted by Crippen LogP contribution is 2.29. The summed E-state index contributed by atoms with van der Waals surface area (Å²) in [5.41, 5.74) is 0.924. The van der Waals surface area contributed by atoms with E-state index in [2.05, 4.69) is 0 Å². The Hall–Kier alpha value is -2.68. The lowest BCUT2D eigenvalue weighted by atomic mass is 10.2. The van der Waals surface area contributed by atoms with E-state index in [1.165, 1.54) is 40.4 Å². The summed E-state index contributed by atoms with van der Waals surface area (Å²) in [4.78, 5) is 25.5. The zero-order chi connectivity index (χ0) is 22.9. The highest BCUT2D eigenvalue weighted by atomic mass is 35.5. The van der Waals surface area contributed by atoms with Gasteiger partial charge in [0.15, 0.2) is 0 Å². The molecule has 168 valence electrons. The predicted molar refractivity (Wildman–Crippen MR) is 122 cm³/mol. The normalized spacial score (nSPS) is 15.4. The first kappa shape index (κ1) is 22.5. The molecule has 2 heterocycles. The second kappa shape index (κ2) is 9.05. The minimum atomic E-state index is -3.84. The monoisotopic (exact) mass is 474 g/mol. The molecule has 0 spiro atoms. The molecule has 0 atom stereocenters. The van der Waals surface area contributed by atoms with Gasteiger partial charge in [-0.2, -0.15) is 4.31 Å². The Labute approximate surface area is 191 Å². The predicted octanol–water partition coefficient (Wildman–Crippen LogP) is 4.33. The standard InChI is InChI=1S/C23H23ClN2O5S/c1-31-23(28)18-15-26(20-9-5-4-8-17(18)20)22(27)16-10-11-19(24)21(14-16)32(29,30)25-12-6-2-3-7-13-25/h4-5,8-11,14-15H,2-3,6-7,12-13H2,1H3. The Kier molecular flexibility index (Phi) is 6.37. The van der Waals surface area contributed by atoms with E-state index in [1.54, 1.807) is 24.3 Å². The lowest BCUT2D eigenvalue weighted by Crippen LogP contribution is -2.32. The van der Waals surface area contributed by atoms with Crippen LogP contribution >= 0.6 is 11.6 Å². The summed E-state index contributed by atoms with van der Waals surface area (Å²) in [6.07, 6.45) is 4.97. The van der Waals surface area contributed by atoms with Crippen LogP contribution in [-0.4, -0.2) is 49.4 Å². The van der Waals surface area contributed by atoms with Gasteiger partial charge in [0.2, 0.25) is 10.0 Å². The topological polar surface area (TPSA) is 85.7 Å². The van der Waals surface area contributed by atoms with Gasteiger partial charge in [-0.25, -0.2) is 13.2 Å². The third-order valence-electron chi connectivity index (χ3n) is 5.70. The molecule has 0 bridgehead atoms. The molecule has 32 heavy (non-hydrogen) atoms. The molecule has 1 aliphatic heterocycles. The van der Waals surface area contributed by atoms with Crippen LogP contribution in [0, 0.1) is 0 Å². The first-order chi connectivity index (χ1) is 15.3. The fourth-order valence-corrected chi connectivity index (χ4v) is 6.03. The van der Waals surface area contributed by atoms with Crippen LogP contribution in [0.5, 0.6) is 0 Å². The lowest BCUT2D eigenvalue weighted by molar-refractivity contribution is 0.0603. The molecule has 0 N–H and O–H groups in total. The van der Waals surface area contributed by atoms with E-state index in [0.29, 0.717) is 24.0 Å². The van der Waals surface area contributed by atoms with Gasteiger partial charge in [0.1, 0.15) is 4.90 Å². The van der Waals surface area contributed by atoms with Gasteiger partial charge in [0, 0.05) is 30.2 Å². The van der Waals surface area contributed by atoms with Crippen LogP contribution in [0.3, 0.4) is 0 Å². The van der Waals surface area contributed by atoms with Gasteiger partial charge in [-0.3, -0.25) is 9.36 Å². The van der Waals surface area contributed by atoms with Crippen LogP contribution < -0.4 is 0 Å². The molecule has 0 unspecified atom stereocenters. The van der Waals surface area contributed by atoms with Crippen LogP contribution in [0.2, 0.25) is 5.02 Å². The van der Waals surface area contributed by atoms with E-state index in [1.807, 2.05) is 0 Å². The zero-order valence-electron chi connectivity index (χ0n) is 17.6. The van der Waals surface area contributed by atoms with Crippen LogP contribution in [-0.2, 0) is 14.8 Å². The fraction of sp³-hybridized carbons (Fsp3) is 0.304. The highest BCUT2D eigenvalue weighted by Gasteiger charge is 2.29. The van der Waals surface area contributed by atoms with E-state index < -0.39 is 21.9 Å². The summed E-state index contributed by atoms with van der Waals surface area (Å²) in [6, 6.07) is 11.2. The average Bonchev–Trinajstić information content (AvgIpc) is 2.96. The van der Waals surface area contributed by atoms with Crippen LogP contribution in [0.15, 0.2) is 53.6 Å². The number of fused-ring (bicyclic) bond motifs is 1. The van der Waals surface area contributed by atoms with Crippen molar-refractivity contribution in [1.82, 2.24) is 8.87 Å². The first-order valence-corrected chi connectivity index (χ1v) is 12.2. The van der Waals surface area contributed by atoms with Crippen molar-refractivity contribution in [2.45, 2.75) is 30.6 Å². The second-order valence-electron chi connectivity index (χ2n) is 7.69. The molecule has 3 aromatic rings. The molecule has 1 aliphatic rings. The number of rotatable bonds is 4. The minimum absolute atomic E-state index is 0.0680. The number of halogens is 1. The van der Waals surface area contributed by atoms with Gasteiger partial charge in [-0.1, -0.05) is 42.6 Å². The molecule has 0 amide bonds. The quantitative estimate of drug-likeness (QED) is 0.525. The van der Waals surface area contributed by atoms with Crippen molar-refractivity contribution in [1.29, 1.82) is 0 Å². The number of sulfonamides is 1. The Balaban J connectivity index is 1.78. The van der Waals surface area contributed by atoms with Crippen molar-refractivity contribution in [2.75, 3.05) is 20.2 Å². The zero-order valence-corrected chi connectivity index (χ0v) is 19.2. The van der Waals surface area contributed by atoms with Crippen molar-refractivity contribution < 1.29 is 22.7 Å². The molecule has 0 aliphatic carbocycles. The molecular weight excluding hydrogens is 452 g/mol. The summed E-state index contributed by atoms with van der Waals surface area (Å²) < 4.78 is 34.2. The van der Waals surface area contributed by atoms with Gasteiger partial charge >= 0.3 is 5.97 Å². The summed E-state index contributed by atoms with van der Waals surface area (Å²) >= 11 is 6.27. The van der Waals surface area contributed by atoms with E-state index >= 15 is 0 Å². The minimum Gasteiger partial charge on any atom is -0.465 e. The Morgan fingerprint density at radius 3 is 2.38 bits per heavy atom. The van der Waals surface area contributed by atoms with Crippen LogP contribution in [0.1, 0.15) is 46.4 Å². The average molecular weight is 475 g/mol.